The first-order valence-corrected chi connectivity index (χ1v) is 4.66. The largest absolute Gasteiger partial charge is 0.313 e. The molecule has 0 fully saturated rings. The summed E-state index contributed by atoms with van der Waals surface area (Å²) in [6.45, 7) is 2.08. The van der Waals surface area contributed by atoms with Crippen LogP contribution in [0.3, 0.4) is 0 Å². The van der Waals surface area contributed by atoms with Gasteiger partial charge in [-0.15, -0.1) is 0 Å². The van der Waals surface area contributed by atoms with E-state index in [2.05, 4.69) is 45.1 Å². The molecule has 0 saturated heterocycles. The quantitative estimate of drug-likeness (QED) is 0.526. The van der Waals surface area contributed by atoms with Crippen molar-refractivity contribution >= 4 is 16.8 Å². The van der Waals surface area contributed by atoms with Crippen LogP contribution in [0.1, 0.15) is 5.69 Å². The van der Waals surface area contributed by atoms with Crippen LogP contribution >= 0.6 is 0 Å². The highest BCUT2D eigenvalue weighted by molar-refractivity contribution is 5.81. The predicted octanol–water partition coefficient (Wildman–Crippen LogP) is 2.13. The first-order valence-electron chi connectivity index (χ1n) is 4.66. The van der Waals surface area contributed by atoms with Crippen molar-refractivity contribution in [2.45, 2.75) is 6.92 Å². The Bertz CT molecular complexity index is 616. The zero-order valence-corrected chi connectivity index (χ0v) is 8.23. The van der Waals surface area contributed by atoms with Crippen molar-refractivity contribution in [3.05, 3.63) is 36.2 Å². The molecule has 0 unspecified atom stereocenters. The fraction of sp³-hybridized carbons (Fsp3) is 0.182. The van der Waals surface area contributed by atoms with Gasteiger partial charge in [-0.05, 0) is 19.1 Å². The Hall–Kier alpha value is -1.77. The van der Waals surface area contributed by atoms with E-state index in [-0.39, 0.29) is 0 Å². The first-order chi connectivity index (χ1) is 6.79. The zero-order valence-electron chi connectivity index (χ0n) is 8.23. The van der Waals surface area contributed by atoms with Gasteiger partial charge in [0.2, 0.25) is 5.78 Å². The number of aryl methyl sites for hydroxylation is 2. The minimum absolute atomic E-state index is 1.00. The Morgan fingerprint density at radius 3 is 2.64 bits per heavy atom. The molecule has 3 heteroatoms. The molecule has 0 spiro atoms. The second kappa shape index (κ2) is 2.38. The van der Waals surface area contributed by atoms with E-state index in [1.54, 1.807) is 0 Å². The standard InChI is InChI=1S/C11H11N3/c1-8-7-12-11-13(2)9-5-3-4-6-10(9)14(8)11/h3-7H,1-2H3. The molecule has 3 nitrogen and oxygen atoms in total. The molecule has 0 aliphatic rings. The van der Waals surface area contributed by atoms with E-state index in [9.17, 15) is 0 Å². The highest BCUT2D eigenvalue weighted by Crippen LogP contribution is 2.19. The third kappa shape index (κ3) is 0.744. The lowest BCUT2D eigenvalue weighted by molar-refractivity contribution is 0.966. The SMILES string of the molecule is Cc1cnc2n(C)c3ccccc3n12. The summed E-state index contributed by atoms with van der Waals surface area (Å²) in [5.74, 6) is 1.00. The van der Waals surface area contributed by atoms with Gasteiger partial charge in [0, 0.05) is 12.7 Å². The van der Waals surface area contributed by atoms with E-state index in [1.807, 2.05) is 13.2 Å². The number of aromatic nitrogens is 3. The van der Waals surface area contributed by atoms with Crippen LogP contribution in [0.5, 0.6) is 0 Å². The molecule has 1 aromatic carbocycles. The second-order valence-corrected chi connectivity index (χ2v) is 3.58. The van der Waals surface area contributed by atoms with Crippen LogP contribution in [0.25, 0.3) is 16.8 Å². The van der Waals surface area contributed by atoms with Gasteiger partial charge in [0.15, 0.2) is 0 Å². The molecule has 3 aromatic rings. The molecule has 0 aliphatic carbocycles. The highest BCUT2D eigenvalue weighted by Gasteiger charge is 2.09. The Balaban J connectivity index is 2.70. The van der Waals surface area contributed by atoms with Gasteiger partial charge < -0.3 is 4.57 Å². The Morgan fingerprint density at radius 2 is 1.86 bits per heavy atom. The molecule has 0 amide bonds. The average Bonchev–Trinajstić information content (AvgIpc) is 2.70. The molecule has 14 heavy (non-hydrogen) atoms. The van der Waals surface area contributed by atoms with Crippen molar-refractivity contribution in [1.29, 1.82) is 0 Å². The first kappa shape index (κ1) is 7.62. The molecular weight excluding hydrogens is 174 g/mol. The Labute approximate surface area is 81.6 Å². The van der Waals surface area contributed by atoms with E-state index >= 15 is 0 Å². The van der Waals surface area contributed by atoms with Crippen molar-refractivity contribution in [3.63, 3.8) is 0 Å². The summed E-state index contributed by atoms with van der Waals surface area (Å²) in [6, 6.07) is 8.35. The molecule has 3 rings (SSSR count). The topological polar surface area (TPSA) is 22.2 Å². The second-order valence-electron chi connectivity index (χ2n) is 3.58. The smallest absolute Gasteiger partial charge is 0.214 e. The minimum atomic E-state index is 1.00. The lowest BCUT2D eigenvalue weighted by Crippen LogP contribution is -1.87. The summed E-state index contributed by atoms with van der Waals surface area (Å²) in [7, 11) is 2.05. The lowest BCUT2D eigenvalue weighted by atomic mass is 10.3. The maximum Gasteiger partial charge on any atom is 0.214 e. The van der Waals surface area contributed by atoms with Gasteiger partial charge in [-0.25, -0.2) is 4.98 Å². The van der Waals surface area contributed by atoms with Crippen molar-refractivity contribution in [2.24, 2.45) is 7.05 Å². The number of benzene rings is 1. The molecule has 0 N–H and O–H groups in total. The fourth-order valence-electron chi connectivity index (χ4n) is 2.00. The lowest BCUT2D eigenvalue weighted by Gasteiger charge is -1.92. The van der Waals surface area contributed by atoms with Gasteiger partial charge >= 0.3 is 0 Å². The minimum Gasteiger partial charge on any atom is -0.313 e. The summed E-state index contributed by atoms with van der Waals surface area (Å²) in [4.78, 5) is 4.38. The molecule has 0 atom stereocenters. The van der Waals surface area contributed by atoms with Gasteiger partial charge in [0.05, 0.1) is 17.2 Å². The van der Waals surface area contributed by atoms with Crippen LogP contribution in [0, 0.1) is 6.92 Å². The van der Waals surface area contributed by atoms with Crippen LogP contribution in [-0.4, -0.2) is 14.0 Å². The van der Waals surface area contributed by atoms with Crippen molar-refractivity contribution in [1.82, 2.24) is 14.0 Å². The molecule has 2 aromatic heterocycles. The maximum absolute atomic E-state index is 4.38. The zero-order chi connectivity index (χ0) is 9.71. The van der Waals surface area contributed by atoms with Gasteiger partial charge in [-0.1, -0.05) is 12.1 Å². The molecular formula is C11H11N3. The molecule has 70 valence electrons. The molecule has 0 saturated carbocycles. The fourth-order valence-corrected chi connectivity index (χ4v) is 2.00. The number of fused-ring (bicyclic) bond motifs is 3. The summed E-state index contributed by atoms with van der Waals surface area (Å²) in [6.07, 6.45) is 1.90. The molecule has 2 heterocycles. The third-order valence-corrected chi connectivity index (χ3v) is 2.70. The van der Waals surface area contributed by atoms with Crippen LogP contribution in [0.4, 0.5) is 0 Å². The van der Waals surface area contributed by atoms with Crippen molar-refractivity contribution in [2.75, 3.05) is 0 Å². The predicted molar refractivity (Wildman–Crippen MR) is 56.4 cm³/mol. The molecule has 0 radical (unpaired) electrons. The maximum atomic E-state index is 4.38. The number of imidazole rings is 2. The third-order valence-electron chi connectivity index (χ3n) is 2.70. The van der Waals surface area contributed by atoms with E-state index in [1.165, 1.54) is 16.7 Å². The van der Waals surface area contributed by atoms with Gasteiger partial charge in [0.1, 0.15) is 0 Å². The number of hydrogen-bond donors (Lipinski definition) is 0. The normalized spacial score (nSPS) is 11.6. The van der Waals surface area contributed by atoms with Crippen molar-refractivity contribution in [3.8, 4) is 0 Å². The van der Waals surface area contributed by atoms with Crippen LogP contribution in [-0.2, 0) is 7.05 Å². The molecule has 0 aliphatic heterocycles. The van der Waals surface area contributed by atoms with E-state index < -0.39 is 0 Å². The van der Waals surface area contributed by atoms with Gasteiger partial charge in [0.25, 0.3) is 0 Å². The number of nitrogens with zero attached hydrogens (tertiary/aromatic N) is 3. The number of hydrogen-bond acceptors (Lipinski definition) is 1. The van der Waals surface area contributed by atoms with Gasteiger partial charge in [-0.2, -0.15) is 0 Å². The summed E-state index contributed by atoms with van der Waals surface area (Å²) in [5.41, 5.74) is 3.62. The molecule has 0 bridgehead atoms. The number of para-hydroxylation sites is 2. The van der Waals surface area contributed by atoms with E-state index in [0.717, 1.165) is 5.78 Å². The van der Waals surface area contributed by atoms with Crippen LogP contribution in [0.2, 0.25) is 0 Å². The van der Waals surface area contributed by atoms with E-state index in [4.69, 9.17) is 0 Å². The Kier molecular flexibility index (Phi) is 1.29. The Morgan fingerprint density at radius 1 is 1.14 bits per heavy atom. The summed E-state index contributed by atoms with van der Waals surface area (Å²) >= 11 is 0. The van der Waals surface area contributed by atoms with Gasteiger partial charge in [-0.3, -0.25) is 4.40 Å². The highest BCUT2D eigenvalue weighted by atomic mass is 15.2. The summed E-state index contributed by atoms with van der Waals surface area (Å²) < 4.78 is 4.29. The monoisotopic (exact) mass is 185 g/mol. The van der Waals surface area contributed by atoms with Crippen LogP contribution < -0.4 is 0 Å². The average molecular weight is 185 g/mol. The van der Waals surface area contributed by atoms with E-state index in [0.29, 0.717) is 0 Å². The summed E-state index contributed by atoms with van der Waals surface area (Å²) in [5, 5.41) is 0. The van der Waals surface area contributed by atoms with Crippen molar-refractivity contribution < 1.29 is 0 Å². The van der Waals surface area contributed by atoms with Crippen LogP contribution in [0.15, 0.2) is 30.5 Å². The number of rotatable bonds is 0.